The topological polar surface area (TPSA) is 62.6 Å². The molecule has 0 aliphatic carbocycles. The summed E-state index contributed by atoms with van der Waals surface area (Å²) in [6.45, 7) is 5.24. The second-order valence-corrected chi connectivity index (χ2v) is 5.80. The molecule has 1 saturated heterocycles. The summed E-state index contributed by atoms with van der Waals surface area (Å²) in [5.74, 6) is 0.704. The number of benzene rings is 1. The molecule has 5 heteroatoms. The number of hydrogen-bond acceptors (Lipinski definition) is 3. The van der Waals surface area contributed by atoms with E-state index in [2.05, 4.69) is 5.32 Å². The van der Waals surface area contributed by atoms with Gasteiger partial charge in [0.2, 0.25) is 5.91 Å². The molecule has 2 heterocycles. The fraction of sp³-hybridized carbons (Fsp3) is 0.412. The van der Waals surface area contributed by atoms with Gasteiger partial charge in [0.25, 0.3) is 5.91 Å². The van der Waals surface area contributed by atoms with Crippen molar-refractivity contribution in [2.24, 2.45) is 0 Å². The monoisotopic (exact) mass is 300 g/mol. The lowest BCUT2D eigenvalue weighted by molar-refractivity contribution is -0.127. The number of aryl methyl sites for hydroxylation is 1. The summed E-state index contributed by atoms with van der Waals surface area (Å²) in [5.41, 5.74) is 1.12. The van der Waals surface area contributed by atoms with Crippen molar-refractivity contribution in [1.82, 2.24) is 10.2 Å². The largest absolute Gasteiger partial charge is 0.461 e. The molecule has 2 amide bonds. The Hall–Kier alpha value is -2.30. The van der Waals surface area contributed by atoms with Crippen molar-refractivity contribution >= 4 is 22.8 Å². The first-order chi connectivity index (χ1) is 10.6. The lowest BCUT2D eigenvalue weighted by atomic mass is 10.1. The van der Waals surface area contributed by atoms with E-state index in [1.807, 2.05) is 36.9 Å². The van der Waals surface area contributed by atoms with Gasteiger partial charge in [-0.1, -0.05) is 19.1 Å². The smallest absolute Gasteiger partial charge is 0.255 e. The third-order valence-corrected chi connectivity index (χ3v) is 3.96. The molecule has 0 radical (unpaired) electrons. The number of amides is 2. The Balaban J connectivity index is 1.76. The van der Waals surface area contributed by atoms with Crippen LogP contribution >= 0.6 is 0 Å². The van der Waals surface area contributed by atoms with Crippen LogP contribution in [-0.2, 0) is 4.79 Å². The maximum absolute atomic E-state index is 12.5. The summed E-state index contributed by atoms with van der Waals surface area (Å²) < 4.78 is 5.63. The second-order valence-electron chi connectivity index (χ2n) is 5.80. The molecule has 5 nitrogen and oxygen atoms in total. The molecule has 3 rings (SSSR count). The van der Waals surface area contributed by atoms with Gasteiger partial charge in [0, 0.05) is 24.9 Å². The number of para-hydroxylation sites is 1. The Morgan fingerprint density at radius 2 is 2.27 bits per heavy atom. The number of hydrogen-bond donors (Lipinski definition) is 1. The minimum Gasteiger partial charge on any atom is -0.461 e. The lowest BCUT2D eigenvalue weighted by Gasteiger charge is -2.16. The fourth-order valence-electron chi connectivity index (χ4n) is 2.99. The van der Waals surface area contributed by atoms with Crippen molar-refractivity contribution in [3.05, 3.63) is 35.6 Å². The molecule has 0 unspecified atom stereocenters. The van der Waals surface area contributed by atoms with Gasteiger partial charge in [-0.3, -0.25) is 9.59 Å². The van der Waals surface area contributed by atoms with E-state index in [9.17, 15) is 9.59 Å². The highest BCUT2D eigenvalue weighted by Gasteiger charge is 2.30. The molecule has 1 aliphatic rings. The summed E-state index contributed by atoms with van der Waals surface area (Å²) in [6, 6.07) is 7.30. The minimum absolute atomic E-state index is 0.110. The third kappa shape index (κ3) is 2.71. The molecule has 1 aliphatic heterocycles. The molecule has 0 spiro atoms. The highest BCUT2D eigenvalue weighted by molar-refractivity contribution is 6.05. The van der Waals surface area contributed by atoms with Crippen molar-refractivity contribution in [1.29, 1.82) is 0 Å². The number of furan rings is 1. The van der Waals surface area contributed by atoms with Crippen LogP contribution in [0.4, 0.5) is 0 Å². The quantitative estimate of drug-likeness (QED) is 0.943. The summed E-state index contributed by atoms with van der Waals surface area (Å²) in [4.78, 5) is 26.2. The Morgan fingerprint density at radius 3 is 3.05 bits per heavy atom. The molecule has 1 N–H and O–H groups in total. The van der Waals surface area contributed by atoms with Crippen LogP contribution in [0.15, 0.2) is 28.7 Å². The maximum Gasteiger partial charge on any atom is 0.255 e. The molecular formula is C17H20N2O3. The third-order valence-electron chi connectivity index (χ3n) is 3.96. The van der Waals surface area contributed by atoms with Gasteiger partial charge < -0.3 is 14.6 Å². The average molecular weight is 300 g/mol. The molecule has 22 heavy (non-hydrogen) atoms. The molecule has 0 saturated carbocycles. The Kier molecular flexibility index (Phi) is 3.88. The predicted molar refractivity (Wildman–Crippen MR) is 83.7 cm³/mol. The number of nitrogens with zero attached hydrogens (tertiary/aromatic N) is 1. The van der Waals surface area contributed by atoms with Crippen LogP contribution in [0.3, 0.4) is 0 Å². The zero-order valence-electron chi connectivity index (χ0n) is 12.9. The van der Waals surface area contributed by atoms with E-state index in [0.29, 0.717) is 24.1 Å². The normalized spacial score (nSPS) is 18.2. The number of carbonyl (C=O) groups excluding carboxylic acids is 2. The maximum atomic E-state index is 12.5. The molecule has 1 aromatic heterocycles. The van der Waals surface area contributed by atoms with Crippen LogP contribution in [0.25, 0.3) is 11.0 Å². The first kappa shape index (κ1) is 14.6. The van der Waals surface area contributed by atoms with Gasteiger partial charge in [0.1, 0.15) is 11.3 Å². The zero-order valence-corrected chi connectivity index (χ0v) is 12.9. The lowest BCUT2D eigenvalue weighted by Crippen LogP contribution is -2.37. The van der Waals surface area contributed by atoms with E-state index in [0.717, 1.165) is 24.1 Å². The van der Waals surface area contributed by atoms with Gasteiger partial charge in [-0.25, -0.2) is 0 Å². The highest BCUT2D eigenvalue weighted by atomic mass is 16.3. The Morgan fingerprint density at radius 1 is 1.45 bits per heavy atom. The van der Waals surface area contributed by atoms with Crippen molar-refractivity contribution in [3.63, 3.8) is 0 Å². The van der Waals surface area contributed by atoms with E-state index in [-0.39, 0.29) is 17.9 Å². The van der Waals surface area contributed by atoms with Gasteiger partial charge >= 0.3 is 0 Å². The van der Waals surface area contributed by atoms with Gasteiger partial charge in [-0.05, 0) is 25.5 Å². The summed E-state index contributed by atoms with van der Waals surface area (Å²) >= 11 is 0. The predicted octanol–water partition coefficient (Wildman–Crippen LogP) is 2.48. The van der Waals surface area contributed by atoms with Gasteiger partial charge in [0.05, 0.1) is 11.6 Å². The van der Waals surface area contributed by atoms with Crippen LogP contribution in [0.2, 0.25) is 0 Å². The fourth-order valence-corrected chi connectivity index (χ4v) is 2.99. The summed E-state index contributed by atoms with van der Waals surface area (Å²) in [6.07, 6.45) is 1.30. The van der Waals surface area contributed by atoms with Crippen LogP contribution in [0.5, 0.6) is 0 Å². The number of carbonyl (C=O) groups is 2. The Bertz CT molecular complexity index is 720. The molecule has 116 valence electrons. The minimum atomic E-state index is -0.184. The van der Waals surface area contributed by atoms with Gasteiger partial charge in [-0.15, -0.1) is 0 Å². The van der Waals surface area contributed by atoms with E-state index in [1.165, 1.54) is 0 Å². The molecular weight excluding hydrogens is 280 g/mol. The van der Waals surface area contributed by atoms with Gasteiger partial charge in [0.15, 0.2) is 0 Å². The van der Waals surface area contributed by atoms with Gasteiger partial charge in [-0.2, -0.15) is 0 Å². The van der Waals surface area contributed by atoms with Crippen molar-refractivity contribution in [3.8, 4) is 0 Å². The number of fused-ring (bicyclic) bond motifs is 1. The molecule has 1 aromatic carbocycles. The number of likely N-dealkylation sites (tertiary alicyclic amines) is 1. The standard InChI is InChI=1S/C17H20N2O3/c1-3-7-19-10-13(9-15(19)20)18-17(21)14-6-4-5-12-8-11(2)22-16(12)14/h4-6,8,13H,3,7,9-10H2,1-2H3,(H,18,21)/t13-/m1/s1. The number of rotatable bonds is 4. The van der Waals surface area contributed by atoms with E-state index >= 15 is 0 Å². The first-order valence-corrected chi connectivity index (χ1v) is 7.66. The van der Waals surface area contributed by atoms with Crippen molar-refractivity contribution < 1.29 is 14.0 Å². The first-order valence-electron chi connectivity index (χ1n) is 7.66. The van der Waals surface area contributed by atoms with Crippen LogP contribution in [0, 0.1) is 6.92 Å². The van der Waals surface area contributed by atoms with Crippen molar-refractivity contribution in [2.75, 3.05) is 13.1 Å². The van der Waals surface area contributed by atoms with Crippen LogP contribution in [0.1, 0.15) is 35.9 Å². The average Bonchev–Trinajstić information content (AvgIpc) is 3.01. The molecule has 1 fully saturated rings. The SMILES string of the molecule is CCCN1C[C@H](NC(=O)c2cccc3cc(C)oc23)CC1=O. The second kappa shape index (κ2) is 5.83. The van der Waals surface area contributed by atoms with E-state index in [4.69, 9.17) is 4.42 Å². The number of nitrogens with one attached hydrogen (secondary N) is 1. The Labute approximate surface area is 129 Å². The highest BCUT2D eigenvalue weighted by Crippen LogP contribution is 2.23. The summed E-state index contributed by atoms with van der Waals surface area (Å²) in [7, 11) is 0. The zero-order chi connectivity index (χ0) is 15.7. The van der Waals surface area contributed by atoms with E-state index < -0.39 is 0 Å². The molecule has 2 aromatic rings. The molecule has 0 bridgehead atoms. The van der Waals surface area contributed by atoms with Crippen LogP contribution < -0.4 is 5.32 Å². The molecule has 1 atom stereocenters. The van der Waals surface area contributed by atoms with Crippen LogP contribution in [-0.4, -0.2) is 35.8 Å². The summed E-state index contributed by atoms with van der Waals surface area (Å²) in [5, 5.41) is 3.87. The van der Waals surface area contributed by atoms with Crippen molar-refractivity contribution in [2.45, 2.75) is 32.7 Å². The van der Waals surface area contributed by atoms with E-state index in [1.54, 1.807) is 6.07 Å².